The van der Waals surface area contributed by atoms with E-state index in [0.29, 0.717) is 0 Å². The minimum atomic E-state index is 0.197. The van der Waals surface area contributed by atoms with Crippen molar-refractivity contribution in [3.05, 3.63) is 36.0 Å². The van der Waals surface area contributed by atoms with Gasteiger partial charge in [0.05, 0.1) is 6.20 Å². The molecule has 0 atom stereocenters. The van der Waals surface area contributed by atoms with Crippen LogP contribution in [0, 0.1) is 0 Å². The molecule has 2 rings (SSSR count). The van der Waals surface area contributed by atoms with Gasteiger partial charge in [0, 0.05) is 5.56 Å². The van der Waals surface area contributed by atoms with Crippen LogP contribution in [0.5, 0.6) is 0 Å². The number of nitrogens with zero attached hydrogens (tertiary/aromatic N) is 2. The van der Waals surface area contributed by atoms with Gasteiger partial charge in [0.1, 0.15) is 5.69 Å². The topological polar surface area (TPSA) is 41.6 Å². The molecule has 1 N–H and O–H groups in total. The SMILES string of the molecule is CC(C)(C)c1ccc(-c2cn[nH]n2)cc1. The molecular weight excluding hydrogens is 186 g/mol. The molecule has 2 aromatic rings. The van der Waals surface area contributed by atoms with E-state index in [4.69, 9.17) is 0 Å². The van der Waals surface area contributed by atoms with Crippen molar-refractivity contribution in [2.75, 3.05) is 0 Å². The Morgan fingerprint density at radius 1 is 1.07 bits per heavy atom. The molecule has 0 saturated carbocycles. The number of H-pyrrole nitrogens is 1. The number of hydrogen-bond acceptors (Lipinski definition) is 2. The van der Waals surface area contributed by atoms with E-state index < -0.39 is 0 Å². The van der Waals surface area contributed by atoms with Crippen LogP contribution < -0.4 is 0 Å². The fraction of sp³-hybridized carbons (Fsp3) is 0.333. The summed E-state index contributed by atoms with van der Waals surface area (Å²) < 4.78 is 0. The van der Waals surface area contributed by atoms with Crippen molar-refractivity contribution in [1.29, 1.82) is 0 Å². The number of nitrogens with one attached hydrogen (secondary N) is 1. The van der Waals surface area contributed by atoms with E-state index in [1.807, 2.05) is 0 Å². The molecule has 15 heavy (non-hydrogen) atoms. The molecule has 0 bridgehead atoms. The number of aromatic amines is 1. The Labute approximate surface area is 89.5 Å². The van der Waals surface area contributed by atoms with Crippen LogP contribution in [0.3, 0.4) is 0 Å². The molecule has 1 aromatic carbocycles. The number of rotatable bonds is 1. The van der Waals surface area contributed by atoms with Gasteiger partial charge in [-0.15, -0.1) is 0 Å². The highest BCUT2D eigenvalue weighted by atomic mass is 15.3. The van der Waals surface area contributed by atoms with Gasteiger partial charge in [-0.2, -0.15) is 15.4 Å². The predicted octanol–water partition coefficient (Wildman–Crippen LogP) is 2.77. The van der Waals surface area contributed by atoms with Crippen molar-refractivity contribution in [3.8, 4) is 11.3 Å². The minimum Gasteiger partial charge on any atom is -0.197 e. The van der Waals surface area contributed by atoms with Crippen LogP contribution in [-0.4, -0.2) is 15.4 Å². The number of aromatic nitrogens is 3. The monoisotopic (exact) mass is 201 g/mol. The van der Waals surface area contributed by atoms with Gasteiger partial charge in [0.15, 0.2) is 0 Å². The molecule has 0 aliphatic heterocycles. The average Bonchev–Trinajstić information content (AvgIpc) is 2.69. The molecule has 0 aliphatic rings. The lowest BCUT2D eigenvalue weighted by Crippen LogP contribution is -2.10. The first kappa shape index (κ1) is 9.90. The van der Waals surface area contributed by atoms with Gasteiger partial charge in [-0.25, -0.2) is 0 Å². The van der Waals surface area contributed by atoms with E-state index in [-0.39, 0.29) is 5.41 Å². The second-order valence-electron chi connectivity index (χ2n) is 4.68. The molecule has 3 heteroatoms. The smallest absolute Gasteiger partial charge is 0.112 e. The van der Waals surface area contributed by atoms with Gasteiger partial charge in [-0.3, -0.25) is 0 Å². The van der Waals surface area contributed by atoms with Crippen molar-refractivity contribution in [1.82, 2.24) is 15.4 Å². The molecule has 0 unspecified atom stereocenters. The lowest BCUT2D eigenvalue weighted by molar-refractivity contribution is 0.590. The lowest BCUT2D eigenvalue weighted by atomic mass is 9.86. The Morgan fingerprint density at radius 3 is 2.20 bits per heavy atom. The molecule has 0 aliphatic carbocycles. The second kappa shape index (κ2) is 3.50. The van der Waals surface area contributed by atoms with E-state index in [0.717, 1.165) is 11.3 Å². The van der Waals surface area contributed by atoms with E-state index in [2.05, 4.69) is 60.4 Å². The maximum atomic E-state index is 4.04. The Kier molecular flexibility index (Phi) is 2.31. The molecule has 78 valence electrons. The molecule has 0 amide bonds. The van der Waals surface area contributed by atoms with Crippen molar-refractivity contribution in [2.24, 2.45) is 0 Å². The third-order valence-corrected chi connectivity index (χ3v) is 2.46. The van der Waals surface area contributed by atoms with Crippen LogP contribution in [0.4, 0.5) is 0 Å². The minimum absolute atomic E-state index is 0.197. The van der Waals surface area contributed by atoms with Crippen molar-refractivity contribution in [2.45, 2.75) is 26.2 Å². The third kappa shape index (κ3) is 2.06. The summed E-state index contributed by atoms with van der Waals surface area (Å²) in [7, 11) is 0. The van der Waals surface area contributed by atoms with Gasteiger partial charge in [0.2, 0.25) is 0 Å². The Balaban J connectivity index is 2.33. The third-order valence-electron chi connectivity index (χ3n) is 2.46. The fourth-order valence-corrected chi connectivity index (χ4v) is 1.48. The maximum Gasteiger partial charge on any atom is 0.112 e. The zero-order valence-electron chi connectivity index (χ0n) is 9.28. The summed E-state index contributed by atoms with van der Waals surface area (Å²) in [5.74, 6) is 0. The number of benzene rings is 1. The van der Waals surface area contributed by atoms with Crippen molar-refractivity contribution >= 4 is 0 Å². The molecule has 1 aromatic heterocycles. The van der Waals surface area contributed by atoms with Crippen LogP contribution in [0.2, 0.25) is 0 Å². The zero-order chi connectivity index (χ0) is 10.9. The van der Waals surface area contributed by atoms with E-state index in [9.17, 15) is 0 Å². The first-order chi connectivity index (χ1) is 7.07. The van der Waals surface area contributed by atoms with Crippen molar-refractivity contribution in [3.63, 3.8) is 0 Å². The van der Waals surface area contributed by atoms with Gasteiger partial charge in [0.25, 0.3) is 0 Å². The highest BCUT2D eigenvalue weighted by Crippen LogP contribution is 2.24. The lowest BCUT2D eigenvalue weighted by Gasteiger charge is -2.18. The van der Waals surface area contributed by atoms with Crippen LogP contribution >= 0.6 is 0 Å². The second-order valence-corrected chi connectivity index (χ2v) is 4.68. The molecule has 0 radical (unpaired) electrons. The summed E-state index contributed by atoms with van der Waals surface area (Å²) in [5.41, 5.74) is 3.50. The summed E-state index contributed by atoms with van der Waals surface area (Å²) >= 11 is 0. The first-order valence-corrected chi connectivity index (χ1v) is 5.04. The van der Waals surface area contributed by atoms with Crippen LogP contribution in [0.25, 0.3) is 11.3 Å². The zero-order valence-corrected chi connectivity index (χ0v) is 9.28. The maximum absolute atomic E-state index is 4.04. The van der Waals surface area contributed by atoms with Crippen LogP contribution in [0.1, 0.15) is 26.3 Å². The van der Waals surface area contributed by atoms with Gasteiger partial charge >= 0.3 is 0 Å². The van der Waals surface area contributed by atoms with Gasteiger partial charge < -0.3 is 0 Å². The molecule has 0 saturated heterocycles. The fourth-order valence-electron chi connectivity index (χ4n) is 1.48. The van der Waals surface area contributed by atoms with Gasteiger partial charge in [-0.1, -0.05) is 45.0 Å². The first-order valence-electron chi connectivity index (χ1n) is 5.04. The number of hydrogen-bond donors (Lipinski definition) is 1. The summed E-state index contributed by atoms with van der Waals surface area (Å²) in [6, 6.07) is 8.45. The normalized spacial score (nSPS) is 11.7. The van der Waals surface area contributed by atoms with Crippen LogP contribution in [-0.2, 0) is 5.41 Å². The Bertz CT molecular complexity index is 421. The average molecular weight is 201 g/mol. The predicted molar refractivity (Wildman–Crippen MR) is 60.5 cm³/mol. The van der Waals surface area contributed by atoms with Crippen molar-refractivity contribution < 1.29 is 0 Å². The highest BCUT2D eigenvalue weighted by molar-refractivity contribution is 5.58. The summed E-state index contributed by atoms with van der Waals surface area (Å²) in [4.78, 5) is 0. The standard InChI is InChI=1S/C12H15N3/c1-12(2,3)10-6-4-9(5-7-10)11-8-13-15-14-11/h4-8H,1-3H3,(H,13,14,15). The highest BCUT2D eigenvalue weighted by Gasteiger charge is 2.13. The van der Waals surface area contributed by atoms with E-state index in [1.165, 1.54) is 5.56 Å². The quantitative estimate of drug-likeness (QED) is 0.770. The van der Waals surface area contributed by atoms with Gasteiger partial charge in [-0.05, 0) is 11.0 Å². The molecular formula is C12H15N3. The summed E-state index contributed by atoms with van der Waals surface area (Å²) in [6.07, 6.45) is 1.73. The molecule has 0 fully saturated rings. The summed E-state index contributed by atoms with van der Waals surface area (Å²) in [5, 5.41) is 10.4. The molecule has 3 nitrogen and oxygen atoms in total. The van der Waals surface area contributed by atoms with E-state index in [1.54, 1.807) is 6.20 Å². The Hall–Kier alpha value is -1.64. The molecule has 0 spiro atoms. The summed E-state index contributed by atoms with van der Waals surface area (Å²) in [6.45, 7) is 6.62. The Morgan fingerprint density at radius 2 is 1.73 bits per heavy atom. The van der Waals surface area contributed by atoms with Crippen LogP contribution in [0.15, 0.2) is 30.5 Å². The van der Waals surface area contributed by atoms with E-state index >= 15 is 0 Å². The largest absolute Gasteiger partial charge is 0.197 e. The molecule has 1 heterocycles.